The van der Waals surface area contributed by atoms with Crippen LogP contribution in [0.5, 0.6) is 0 Å². The van der Waals surface area contributed by atoms with Crippen LogP contribution in [0, 0.1) is 5.82 Å². The minimum absolute atomic E-state index is 0.271. The number of carboxylic acid groups (broad SMARTS) is 1. The molecule has 0 spiro atoms. The third kappa shape index (κ3) is 6.10. The summed E-state index contributed by atoms with van der Waals surface area (Å²) in [4.78, 5) is 10.4. The van der Waals surface area contributed by atoms with E-state index in [9.17, 15) is 9.18 Å². The molecule has 4 heteroatoms. The van der Waals surface area contributed by atoms with Crippen molar-refractivity contribution in [2.75, 3.05) is 0 Å². The van der Waals surface area contributed by atoms with Gasteiger partial charge in [-0.3, -0.25) is 0 Å². The van der Waals surface area contributed by atoms with Crippen LogP contribution in [0.15, 0.2) is 109 Å². The third-order valence-electron chi connectivity index (χ3n) is 4.72. The molecule has 4 rings (SSSR count). The molecule has 0 aliphatic heterocycles. The minimum atomic E-state index is -1.23. The van der Waals surface area contributed by atoms with Crippen LogP contribution in [-0.4, -0.2) is 11.1 Å². The van der Waals surface area contributed by atoms with Crippen molar-refractivity contribution in [2.45, 2.75) is 13.3 Å². The van der Waals surface area contributed by atoms with E-state index in [0.29, 0.717) is 6.42 Å². The lowest BCUT2D eigenvalue weighted by Crippen LogP contribution is -2.20. The van der Waals surface area contributed by atoms with Crippen LogP contribution in [0.25, 0.3) is 0 Å². The Kier molecular flexibility index (Phi) is 8.09. The maximum absolute atomic E-state index is 12.9. The summed E-state index contributed by atoms with van der Waals surface area (Å²) in [6.45, 7) is 1.88. The van der Waals surface area contributed by atoms with E-state index in [1.165, 1.54) is 28.0 Å². The molecule has 0 amide bonds. The summed E-state index contributed by atoms with van der Waals surface area (Å²) < 4.78 is 12.9. The van der Waals surface area contributed by atoms with Crippen LogP contribution in [0.2, 0.25) is 0 Å². The standard InChI is InChI=1S/C18H15P.C9H9FO2/c1-4-10-16(11-5-1)19(17-12-6-2-7-13-17)18-14-8-3-9-15-18;1-2-6-3-4-7(9(11)12)8(10)5-6/h1-15H;3-5H,2H2,1H3,(H,11,12). The van der Waals surface area contributed by atoms with Crippen LogP contribution in [0.4, 0.5) is 4.39 Å². The van der Waals surface area contributed by atoms with Gasteiger partial charge in [0.1, 0.15) is 5.82 Å². The van der Waals surface area contributed by atoms with Gasteiger partial charge in [-0.2, -0.15) is 0 Å². The number of aromatic carboxylic acids is 1. The van der Waals surface area contributed by atoms with Gasteiger partial charge in [-0.05, 0) is 48.0 Å². The monoisotopic (exact) mass is 430 g/mol. The highest BCUT2D eigenvalue weighted by Crippen LogP contribution is 2.32. The molecule has 4 aromatic carbocycles. The number of aryl methyl sites for hydroxylation is 1. The van der Waals surface area contributed by atoms with E-state index in [1.54, 1.807) is 6.07 Å². The first-order chi connectivity index (χ1) is 15.1. The van der Waals surface area contributed by atoms with Gasteiger partial charge in [-0.1, -0.05) is 104 Å². The Bertz CT molecular complexity index is 1010. The zero-order valence-electron chi connectivity index (χ0n) is 17.3. The summed E-state index contributed by atoms with van der Waals surface area (Å²) in [5.41, 5.74) is 0.532. The summed E-state index contributed by atoms with van der Waals surface area (Å²) in [5.74, 6) is -1.89. The average molecular weight is 430 g/mol. The van der Waals surface area contributed by atoms with E-state index in [2.05, 4.69) is 91.0 Å². The molecule has 0 aromatic heterocycles. The Morgan fingerprint density at radius 1 is 0.742 bits per heavy atom. The van der Waals surface area contributed by atoms with Gasteiger partial charge in [-0.15, -0.1) is 0 Å². The third-order valence-corrected chi connectivity index (χ3v) is 7.16. The molecule has 0 unspecified atom stereocenters. The second-order valence-corrected chi connectivity index (χ2v) is 9.03. The molecule has 1 N–H and O–H groups in total. The van der Waals surface area contributed by atoms with Crippen molar-refractivity contribution in [3.63, 3.8) is 0 Å². The SMILES string of the molecule is CCc1ccc(C(=O)O)c(F)c1.c1ccc(P(c2ccccc2)c2ccccc2)cc1. The second kappa shape index (κ2) is 11.2. The Morgan fingerprint density at radius 3 is 1.48 bits per heavy atom. The van der Waals surface area contributed by atoms with Gasteiger partial charge in [0.15, 0.2) is 0 Å². The molecule has 4 aromatic rings. The van der Waals surface area contributed by atoms with Gasteiger partial charge in [0.05, 0.1) is 5.56 Å². The first-order valence-corrected chi connectivity index (χ1v) is 11.4. The molecular formula is C27H24FO2P. The number of carbonyl (C=O) groups is 1. The largest absolute Gasteiger partial charge is 0.478 e. The summed E-state index contributed by atoms with van der Waals surface area (Å²) in [6.07, 6.45) is 0.705. The van der Waals surface area contributed by atoms with E-state index in [1.807, 2.05) is 6.92 Å². The van der Waals surface area contributed by atoms with Gasteiger partial charge >= 0.3 is 5.97 Å². The van der Waals surface area contributed by atoms with Crippen molar-refractivity contribution in [1.29, 1.82) is 0 Å². The van der Waals surface area contributed by atoms with Crippen LogP contribution < -0.4 is 15.9 Å². The first-order valence-electron chi connectivity index (χ1n) is 10.1. The van der Waals surface area contributed by atoms with E-state index in [0.717, 1.165) is 5.56 Å². The predicted octanol–water partition coefficient (Wildman–Crippen LogP) is 5.53. The molecule has 0 heterocycles. The highest BCUT2D eigenvalue weighted by molar-refractivity contribution is 7.79. The molecule has 0 radical (unpaired) electrons. The van der Waals surface area contributed by atoms with Crippen LogP contribution in [-0.2, 0) is 6.42 Å². The topological polar surface area (TPSA) is 37.3 Å². The fourth-order valence-corrected chi connectivity index (χ4v) is 5.44. The Morgan fingerprint density at radius 2 is 1.16 bits per heavy atom. The molecule has 0 saturated carbocycles. The highest BCUT2D eigenvalue weighted by Gasteiger charge is 2.15. The molecular weight excluding hydrogens is 406 g/mol. The molecule has 0 aliphatic rings. The van der Waals surface area contributed by atoms with Crippen molar-refractivity contribution in [3.05, 3.63) is 126 Å². The lowest BCUT2D eigenvalue weighted by molar-refractivity contribution is 0.0692. The smallest absolute Gasteiger partial charge is 0.338 e. The van der Waals surface area contributed by atoms with Crippen molar-refractivity contribution < 1.29 is 14.3 Å². The summed E-state index contributed by atoms with van der Waals surface area (Å²) in [6, 6.07) is 36.5. The quantitative estimate of drug-likeness (QED) is 0.423. The highest BCUT2D eigenvalue weighted by atomic mass is 31.1. The van der Waals surface area contributed by atoms with Crippen LogP contribution in [0.1, 0.15) is 22.8 Å². The van der Waals surface area contributed by atoms with Crippen LogP contribution in [0.3, 0.4) is 0 Å². The van der Waals surface area contributed by atoms with Crippen molar-refractivity contribution in [2.24, 2.45) is 0 Å². The Balaban J connectivity index is 0.000000196. The van der Waals surface area contributed by atoms with E-state index in [4.69, 9.17) is 5.11 Å². The fourth-order valence-electron chi connectivity index (χ4n) is 3.13. The zero-order valence-corrected chi connectivity index (χ0v) is 18.2. The van der Waals surface area contributed by atoms with Crippen molar-refractivity contribution in [1.82, 2.24) is 0 Å². The minimum Gasteiger partial charge on any atom is -0.478 e. The maximum atomic E-state index is 12.9. The van der Waals surface area contributed by atoms with E-state index < -0.39 is 19.7 Å². The number of hydrogen-bond donors (Lipinski definition) is 1. The molecule has 0 saturated heterocycles. The normalized spacial score (nSPS) is 10.3. The van der Waals surface area contributed by atoms with Gasteiger partial charge < -0.3 is 5.11 Å². The maximum Gasteiger partial charge on any atom is 0.338 e. The van der Waals surface area contributed by atoms with Gasteiger partial charge in [0, 0.05) is 0 Å². The zero-order chi connectivity index (χ0) is 22.1. The van der Waals surface area contributed by atoms with Gasteiger partial charge in [0.2, 0.25) is 0 Å². The summed E-state index contributed by atoms with van der Waals surface area (Å²) in [5, 5.41) is 12.7. The number of hydrogen-bond acceptors (Lipinski definition) is 1. The van der Waals surface area contributed by atoms with Gasteiger partial charge in [0.25, 0.3) is 0 Å². The average Bonchev–Trinajstić information content (AvgIpc) is 2.81. The number of rotatable bonds is 5. The van der Waals surface area contributed by atoms with Crippen LogP contribution >= 0.6 is 7.92 Å². The number of carboxylic acids is 1. The Labute approximate surface area is 183 Å². The fraction of sp³-hybridized carbons (Fsp3) is 0.0741. The summed E-state index contributed by atoms with van der Waals surface area (Å²) in [7, 11) is -0.446. The molecule has 31 heavy (non-hydrogen) atoms. The second-order valence-electron chi connectivity index (χ2n) is 6.81. The Hall–Kier alpha value is -3.29. The van der Waals surface area contributed by atoms with E-state index >= 15 is 0 Å². The molecule has 0 aliphatic carbocycles. The summed E-state index contributed by atoms with van der Waals surface area (Å²) >= 11 is 0. The van der Waals surface area contributed by atoms with Crippen molar-refractivity contribution in [3.8, 4) is 0 Å². The first kappa shape index (κ1) is 22.4. The molecule has 0 atom stereocenters. The number of halogens is 1. The van der Waals surface area contributed by atoms with Gasteiger partial charge in [-0.25, -0.2) is 9.18 Å². The molecule has 2 nitrogen and oxygen atoms in total. The molecule has 0 bridgehead atoms. The molecule has 156 valence electrons. The predicted molar refractivity (Wildman–Crippen MR) is 128 cm³/mol. The number of benzene rings is 4. The molecule has 0 fully saturated rings. The lowest BCUT2D eigenvalue weighted by Gasteiger charge is -2.18. The lowest BCUT2D eigenvalue weighted by atomic mass is 10.1. The van der Waals surface area contributed by atoms with E-state index in [-0.39, 0.29) is 5.56 Å². The van der Waals surface area contributed by atoms with Crippen molar-refractivity contribution >= 4 is 29.8 Å².